The second kappa shape index (κ2) is 8.56. The van der Waals surface area contributed by atoms with Crippen LogP contribution in [-0.4, -0.2) is 18.8 Å². The largest absolute Gasteiger partial charge is 0.508 e. The quantitative estimate of drug-likeness (QED) is 0.430. The highest BCUT2D eigenvalue weighted by molar-refractivity contribution is 5.93. The molecule has 1 heterocycles. The van der Waals surface area contributed by atoms with Gasteiger partial charge >= 0.3 is 0 Å². The Kier molecular flexibility index (Phi) is 5.67. The summed E-state index contributed by atoms with van der Waals surface area (Å²) >= 11 is 0. The molecule has 0 atom stereocenters. The van der Waals surface area contributed by atoms with Crippen LogP contribution in [0.2, 0.25) is 0 Å². The summed E-state index contributed by atoms with van der Waals surface area (Å²) in [7, 11) is 1.64. The van der Waals surface area contributed by atoms with Gasteiger partial charge in [-0.25, -0.2) is 4.99 Å². The molecular weight excluding hydrogens is 390 g/mol. The highest BCUT2D eigenvalue weighted by atomic mass is 16.5. The van der Waals surface area contributed by atoms with Crippen molar-refractivity contribution in [3.05, 3.63) is 77.5 Å². The maximum atomic E-state index is 9.72. The fourth-order valence-corrected chi connectivity index (χ4v) is 3.76. The fourth-order valence-electron chi connectivity index (χ4n) is 3.76. The number of methoxy groups -OCH3 is 1. The zero-order valence-corrected chi connectivity index (χ0v) is 18.1. The van der Waals surface area contributed by atoms with Crippen molar-refractivity contribution in [1.29, 1.82) is 0 Å². The van der Waals surface area contributed by atoms with E-state index in [2.05, 4.69) is 0 Å². The Bertz CT molecular complexity index is 1300. The summed E-state index contributed by atoms with van der Waals surface area (Å²) in [5.74, 6) is 3.27. The third-order valence-electron chi connectivity index (χ3n) is 5.15. The lowest BCUT2D eigenvalue weighted by Crippen LogP contribution is -2.00. The van der Waals surface area contributed by atoms with E-state index in [1.54, 1.807) is 19.2 Å². The van der Waals surface area contributed by atoms with E-state index in [0.717, 1.165) is 56.0 Å². The van der Waals surface area contributed by atoms with E-state index >= 15 is 0 Å². The number of hydrogen-bond acceptors (Lipinski definition) is 5. The summed E-state index contributed by atoms with van der Waals surface area (Å²) in [6.45, 7) is 6.37. The van der Waals surface area contributed by atoms with Crippen LogP contribution in [0, 0.1) is 13.8 Å². The summed E-state index contributed by atoms with van der Waals surface area (Å²) in [5.41, 5.74) is 2.66. The topological polar surface area (TPSA) is 64.2 Å². The molecule has 0 unspecified atom stereocenters. The van der Waals surface area contributed by atoms with Crippen molar-refractivity contribution < 1.29 is 19.0 Å². The van der Waals surface area contributed by atoms with E-state index < -0.39 is 0 Å². The number of aromatic hydroxyl groups is 1. The molecule has 0 aliphatic rings. The van der Waals surface area contributed by atoms with Crippen molar-refractivity contribution >= 4 is 16.5 Å². The number of nitrogens with zero attached hydrogens (tertiary/aromatic N) is 1. The Hall–Kier alpha value is -3.73. The van der Waals surface area contributed by atoms with E-state index in [1.807, 2.05) is 69.3 Å². The molecule has 0 radical (unpaired) electrons. The first kappa shape index (κ1) is 20.5. The molecule has 0 saturated carbocycles. The second-order valence-corrected chi connectivity index (χ2v) is 7.25. The first-order chi connectivity index (χ1) is 15.0. The zero-order chi connectivity index (χ0) is 22.0. The molecule has 3 aromatic carbocycles. The molecule has 1 aromatic heterocycles. The minimum absolute atomic E-state index is 0.222. The van der Waals surface area contributed by atoms with Gasteiger partial charge in [-0.15, -0.1) is 0 Å². The van der Waals surface area contributed by atoms with Crippen LogP contribution in [0.4, 0.5) is 5.69 Å². The predicted molar refractivity (Wildman–Crippen MR) is 122 cm³/mol. The zero-order valence-electron chi connectivity index (χ0n) is 18.1. The molecule has 0 saturated heterocycles. The standard InChI is InChI=1S/C26H25NO4/c1-5-30-24-14-19(18-9-11-21(28)12-10-18)13-23(25-16(2)31-17(3)26(24)25)27-20-7-6-8-22(15-20)29-4/h6-15,28H,5H2,1-4H3. The van der Waals surface area contributed by atoms with Crippen LogP contribution < -0.4 is 14.8 Å². The number of furan rings is 1. The number of hydrogen-bond donors (Lipinski definition) is 1. The number of phenols is 1. The molecule has 0 aliphatic heterocycles. The van der Waals surface area contributed by atoms with Crippen molar-refractivity contribution in [1.82, 2.24) is 0 Å². The Morgan fingerprint density at radius 1 is 0.903 bits per heavy atom. The molecule has 1 N–H and O–H groups in total. The Labute approximate surface area is 181 Å². The van der Waals surface area contributed by atoms with Gasteiger partial charge in [-0.1, -0.05) is 18.2 Å². The molecule has 31 heavy (non-hydrogen) atoms. The van der Waals surface area contributed by atoms with E-state index in [1.165, 1.54) is 0 Å². The van der Waals surface area contributed by atoms with E-state index in [-0.39, 0.29) is 5.75 Å². The highest BCUT2D eigenvalue weighted by Crippen LogP contribution is 2.34. The Morgan fingerprint density at radius 2 is 1.65 bits per heavy atom. The number of aryl methyl sites for hydroxylation is 2. The normalized spacial score (nSPS) is 11.7. The lowest BCUT2D eigenvalue weighted by molar-refractivity contribution is 0.344. The van der Waals surface area contributed by atoms with Crippen LogP contribution in [0.3, 0.4) is 0 Å². The molecule has 5 nitrogen and oxygen atoms in total. The summed E-state index contributed by atoms with van der Waals surface area (Å²) in [6.07, 6.45) is 0. The van der Waals surface area contributed by atoms with E-state index in [9.17, 15) is 5.11 Å². The van der Waals surface area contributed by atoms with Gasteiger partial charge in [0.1, 0.15) is 28.8 Å². The number of fused-ring (bicyclic) bond motifs is 1. The SMILES string of the molecule is CCOc1cc(-c2ccc(O)cc2)cc(=Nc2cccc(OC)c2)c2c(C)oc(C)c12. The second-order valence-electron chi connectivity index (χ2n) is 7.25. The van der Waals surface area contributed by atoms with Gasteiger partial charge in [-0.2, -0.15) is 0 Å². The van der Waals surface area contributed by atoms with Crippen molar-refractivity contribution in [3.63, 3.8) is 0 Å². The third kappa shape index (κ3) is 4.12. The molecule has 0 fully saturated rings. The van der Waals surface area contributed by atoms with Crippen LogP contribution in [-0.2, 0) is 0 Å². The molecule has 4 rings (SSSR count). The maximum Gasteiger partial charge on any atom is 0.131 e. The highest BCUT2D eigenvalue weighted by Gasteiger charge is 2.15. The van der Waals surface area contributed by atoms with Gasteiger partial charge in [0.05, 0.1) is 35.5 Å². The number of phenolic OH excluding ortho intramolecular Hbond substituents is 1. The minimum Gasteiger partial charge on any atom is -0.508 e. The van der Waals surface area contributed by atoms with Crippen LogP contribution in [0.5, 0.6) is 17.2 Å². The summed E-state index contributed by atoms with van der Waals surface area (Å²) in [4.78, 5) is 4.95. The first-order valence-electron chi connectivity index (χ1n) is 10.2. The third-order valence-corrected chi connectivity index (χ3v) is 5.15. The van der Waals surface area contributed by atoms with Gasteiger partial charge in [0, 0.05) is 6.07 Å². The van der Waals surface area contributed by atoms with Crippen molar-refractivity contribution in [2.24, 2.45) is 4.99 Å². The minimum atomic E-state index is 0.222. The average molecular weight is 415 g/mol. The Morgan fingerprint density at radius 3 is 2.35 bits per heavy atom. The molecule has 0 aliphatic carbocycles. The van der Waals surface area contributed by atoms with Crippen molar-refractivity contribution in [2.75, 3.05) is 13.7 Å². The van der Waals surface area contributed by atoms with Gasteiger partial charge in [0.2, 0.25) is 0 Å². The van der Waals surface area contributed by atoms with Crippen LogP contribution in [0.15, 0.2) is 70.1 Å². The summed E-state index contributed by atoms with van der Waals surface area (Å²) in [5, 5.41) is 12.3. The monoisotopic (exact) mass is 415 g/mol. The number of benzene rings is 2. The summed E-state index contributed by atoms with van der Waals surface area (Å²) in [6, 6.07) is 18.8. The van der Waals surface area contributed by atoms with Crippen LogP contribution >= 0.6 is 0 Å². The average Bonchev–Trinajstić information content (AvgIpc) is 2.96. The van der Waals surface area contributed by atoms with Gasteiger partial charge < -0.3 is 19.0 Å². The molecule has 158 valence electrons. The number of ether oxygens (including phenoxy) is 2. The molecular formula is C26H25NO4. The maximum absolute atomic E-state index is 9.72. The van der Waals surface area contributed by atoms with Gasteiger partial charge in [0.25, 0.3) is 0 Å². The van der Waals surface area contributed by atoms with Crippen molar-refractivity contribution in [2.45, 2.75) is 20.8 Å². The lowest BCUT2D eigenvalue weighted by atomic mass is 10.1. The number of rotatable bonds is 5. The summed E-state index contributed by atoms with van der Waals surface area (Å²) < 4.78 is 17.4. The fraction of sp³-hybridized carbons (Fsp3) is 0.192. The molecule has 0 spiro atoms. The van der Waals surface area contributed by atoms with Gasteiger partial charge in [-0.3, -0.25) is 0 Å². The predicted octanol–water partition coefficient (Wildman–Crippen LogP) is 6.06. The molecule has 4 aromatic rings. The molecule has 5 heteroatoms. The van der Waals surface area contributed by atoms with Gasteiger partial charge in [-0.05, 0) is 68.3 Å². The van der Waals surface area contributed by atoms with Crippen LogP contribution in [0.1, 0.15) is 18.4 Å². The van der Waals surface area contributed by atoms with Crippen molar-refractivity contribution in [3.8, 4) is 28.4 Å². The molecule has 0 bridgehead atoms. The Balaban J connectivity index is 2.11. The smallest absolute Gasteiger partial charge is 0.131 e. The van der Waals surface area contributed by atoms with E-state index in [0.29, 0.717) is 6.61 Å². The van der Waals surface area contributed by atoms with Crippen LogP contribution in [0.25, 0.3) is 21.9 Å². The first-order valence-corrected chi connectivity index (χ1v) is 10.2. The van der Waals surface area contributed by atoms with Gasteiger partial charge in [0.15, 0.2) is 0 Å². The lowest BCUT2D eigenvalue weighted by Gasteiger charge is -2.04. The molecule has 0 amide bonds. The van der Waals surface area contributed by atoms with E-state index in [4.69, 9.17) is 18.9 Å².